The van der Waals surface area contributed by atoms with Gasteiger partial charge in [0.15, 0.2) is 5.60 Å². The number of hydrogen-bond donors (Lipinski definition) is 0. The van der Waals surface area contributed by atoms with Crippen molar-refractivity contribution in [2.75, 3.05) is 0 Å². The minimum Gasteiger partial charge on any atom is -0.220 e. The zero-order chi connectivity index (χ0) is 8.16. The van der Waals surface area contributed by atoms with E-state index in [1.54, 1.807) is 6.21 Å². The van der Waals surface area contributed by atoms with Crippen LogP contribution in [0.1, 0.15) is 39.5 Å². The van der Waals surface area contributed by atoms with Crippen LogP contribution in [0.15, 0.2) is 5.16 Å². The zero-order valence-electron chi connectivity index (χ0n) is 7.17. The summed E-state index contributed by atoms with van der Waals surface area (Å²) in [5.41, 5.74) is -0.219. The van der Waals surface area contributed by atoms with Crippen LogP contribution in [0.5, 0.6) is 0 Å². The lowest BCUT2D eigenvalue weighted by Crippen LogP contribution is -2.29. The van der Waals surface area contributed by atoms with Gasteiger partial charge in [0.1, 0.15) is 0 Å². The monoisotopic (exact) mass is 157 g/mol. The van der Waals surface area contributed by atoms with Gasteiger partial charge < -0.3 is 0 Å². The summed E-state index contributed by atoms with van der Waals surface area (Å²) in [7, 11) is 0. The summed E-state index contributed by atoms with van der Waals surface area (Å²) < 4.78 is 0. The van der Waals surface area contributed by atoms with Crippen LogP contribution in [0, 0.1) is 0 Å². The van der Waals surface area contributed by atoms with Crippen LogP contribution in [0.4, 0.5) is 0 Å². The van der Waals surface area contributed by atoms with Crippen molar-refractivity contribution in [3.05, 3.63) is 0 Å². The van der Waals surface area contributed by atoms with E-state index in [1.165, 1.54) is 0 Å². The maximum Gasteiger partial charge on any atom is 0.156 e. The van der Waals surface area contributed by atoms with Crippen molar-refractivity contribution in [3.63, 3.8) is 0 Å². The van der Waals surface area contributed by atoms with E-state index in [0.717, 1.165) is 25.7 Å². The Hall–Kier alpha value is -0.570. The Morgan fingerprint density at radius 3 is 2.27 bits per heavy atom. The van der Waals surface area contributed by atoms with Crippen LogP contribution in [0.25, 0.3) is 0 Å². The largest absolute Gasteiger partial charge is 0.220 e. The molecule has 0 aliphatic carbocycles. The molecule has 0 saturated carbocycles. The molecule has 0 radical (unpaired) electrons. The van der Waals surface area contributed by atoms with E-state index in [9.17, 15) is 0 Å². The van der Waals surface area contributed by atoms with Gasteiger partial charge in [-0.25, -0.2) is 4.99 Å². The highest BCUT2D eigenvalue weighted by molar-refractivity contribution is 5.68. The number of oxime groups is 1. The first-order chi connectivity index (χ1) is 5.33. The van der Waals surface area contributed by atoms with Crippen LogP contribution in [-0.2, 0) is 9.88 Å². The fraction of sp³-hybridized carbons (Fsp3) is 0.875. The Morgan fingerprint density at radius 2 is 1.91 bits per heavy atom. The van der Waals surface area contributed by atoms with Crippen LogP contribution in [0.2, 0.25) is 0 Å². The van der Waals surface area contributed by atoms with Crippen LogP contribution in [0.3, 0.4) is 0 Å². The maximum absolute atomic E-state index is 5.10. The molecule has 11 heavy (non-hydrogen) atoms. The third-order valence-electron chi connectivity index (χ3n) is 1.88. The third-order valence-corrected chi connectivity index (χ3v) is 1.88. The van der Waals surface area contributed by atoms with Crippen molar-refractivity contribution in [3.8, 4) is 0 Å². The predicted octanol–water partition coefficient (Wildman–Crippen LogP) is 2.27. The topological polar surface area (TPSA) is 30.8 Å². The van der Waals surface area contributed by atoms with Gasteiger partial charge in [0.05, 0.1) is 6.21 Å². The average molecular weight is 157 g/mol. The summed E-state index contributed by atoms with van der Waals surface area (Å²) in [5.74, 6) is 0. The molecule has 3 nitrogen and oxygen atoms in total. The highest BCUT2D eigenvalue weighted by Gasteiger charge is 2.33. The fourth-order valence-corrected chi connectivity index (χ4v) is 1.42. The van der Waals surface area contributed by atoms with E-state index in [-0.39, 0.29) is 5.60 Å². The molecule has 0 spiro atoms. The lowest BCUT2D eigenvalue weighted by Gasteiger charge is -2.19. The molecule has 0 N–H and O–H groups in total. The summed E-state index contributed by atoms with van der Waals surface area (Å²) >= 11 is 0. The standard InChI is InChI=1S/C8H15NO2/c1-3-5-8(6-4-2)7-9-11-10-8/h7H,3-6H2,1-2H3. The Labute approximate surface area is 67.3 Å². The van der Waals surface area contributed by atoms with Gasteiger partial charge in [0, 0.05) is 0 Å². The normalized spacial score (nSPS) is 20.2. The molecular formula is C8H15NO2. The second-order valence-electron chi connectivity index (χ2n) is 2.96. The lowest BCUT2D eigenvalue weighted by molar-refractivity contribution is -0.325. The Balaban J connectivity index is 2.48. The molecule has 0 amide bonds. The van der Waals surface area contributed by atoms with Crippen molar-refractivity contribution >= 4 is 6.21 Å². The van der Waals surface area contributed by atoms with E-state index >= 15 is 0 Å². The van der Waals surface area contributed by atoms with Crippen LogP contribution < -0.4 is 0 Å². The second kappa shape index (κ2) is 3.72. The molecule has 1 aliphatic rings. The van der Waals surface area contributed by atoms with Crippen molar-refractivity contribution < 1.29 is 9.88 Å². The van der Waals surface area contributed by atoms with E-state index in [0.29, 0.717) is 0 Å². The van der Waals surface area contributed by atoms with E-state index in [4.69, 9.17) is 4.89 Å². The van der Waals surface area contributed by atoms with Crippen LogP contribution in [-0.4, -0.2) is 11.8 Å². The molecular weight excluding hydrogens is 142 g/mol. The van der Waals surface area contributed by atoms with Gasteiger partial charge in [-0.3, -0.25) is 0 Å². The Kier molecular flexibility index (Phi) is 2.88. The number of rotatable bonds is 4. The van der Waals surface area contributed by atoms with Gasteiger partial charge in [-0.2, -0.15) is 4.89 Å². The minimum absolute atomic E-state index is 0.219. The minimum atomic E-state index is -0.219. The smallest absolute Gasteiger partial charge is 0.156 e. The van der Waals surface area contributed by atoms with Gasteiger partial charge in [-0.15, -0.1) is 0 Å². The number of hydrogen-bond acceptors (Lipinski definition) is 3. The molecule has 1 heterocycles. The van der Waals surface area contributed by atoms with Gasteiger partial charge in [0.2, 0.25) is 0 Å². The number of nitrogens with zero attached hydrogens (tertiary/aromatic N) is 1. The molecule has 1 aliphatic heterocycles. The molecule has 64 valence electrons. The first-order valence-corrected chi connectivity index (χ1v) is 4.22. The van der Waals surface area contributed by atoms with Gasteiger partial charge >= 0.3 is 0 Å². The quantitative estimate of drug-likeness (QED) is 0.586. The summed E-state index contributed by atoms with van der Waals surface area (Å²) in [6, 6.07) is 0. The molecule has 0 unspecified atom stereocenters. The van der Waals surface area contributed by atoms with Gasteiger partial charge in [-0.05, 0) is 12.8 Å². The zero-order valence-corrected chi connectivity index (χ0v) is 7.17. The summed E-state index contributed by atoms with van der Waals surface area (Å²) in [5, 5.41) is 3.63. The third kappa shape index (κ3) is 1.93. The molecule has 0 fully saturated rings. The average Bonchev–Trinajstić information content (AvgIpc) is 2.39. The molecule has 0 aromatic rings. The first-order valence-electron chi connectivity index (χ1n) is 4.22. The fourth-order valence-electron chi connectivity index (χ4n) is 1.42. The van der Waals surface area contributed by atoms with Crippen molar-refractivity contribution in [2.45, 2.75) is 45.1 Å². The molecule has 0 aromatic heterocycles. The summed E-state index contributed by atoms with van der Waals surface area (Å²) in [4.78, 5) is 9.63. The van der Waals surface area contributed by atoms with Crippen molar-refractivity contribution in [1.82, 2.24) is 0 Å². The van der Waals surface area contributed by atoms with Gasteiger partial charge in [0.25, 0.3) is 0 Å². The Morgan fingerprint density at radius 1 is 1.27 bits per heavy atom. The van der Waals surface area contributed by atoms with Crippen LogP contribution >= 0.6 is 0 Å². The van der Waals surface area contributed by atoms with Crippen molar-refractivity contribution in [1.29, 1.82) is 0 Å². The van der Waals surface area contributed by atoms with E-state index in [1.807, 2.05) is 0 Å². The first kappa shape index (κ1) is 8.53. The summed E-state index contributed by atoms with van der Waals surface area (Å²) in [6.45, 7) is 4.26. The summed E-state index contributed by atoms with van der Waals surface area (Å²) in [6.07, 6.45) is 5.94. The second-order valence-corrected chi connectivity index (χ2v) is 2.96. The van der Waals surface area contributed by atoms with Crippen molar-refractivity contribution in [2.24, 2.45) is 5.16 Å². The van der Waals surface area contributed by atoms with Gasteiger partial charge in [-0.1, -0.05) is 31.8 Å². The highest BCUT2D eigenvalue weighted by atomic mass is 17.3. The molecule has 0 aromatic carbocycles. The molecule has 3 heteroatoms. The highest BCUT2D eigenvalue weighted by Crippen LogP contribution is 2.26. The van der Waals surface area contributed by atoms with E-state index < -0.39 is 0 Å². The lowest BCUT2D eigenvalue weighted by atomic mass is 9.94. The predicted molar refractivity (Wildman–Crippen MR) is 43.2 cm³/mol. The molecule has 0 saturated heterocycles. The SMILES string of the molecule is CCCC1(CCC)C=NOO1. The molecule has 0 bridgehead atoms. The maximum atomic E-state index is 5.10. The molecule has 1 rings (SSSR count). The Bertz CT molecular complexity index is 139. The molecule has 0 atom stereocenters. The van der Waals surface area contributed by atoms with E-state index in [2.05, 4.69) is 24.0 Å².